The number of aliphatic hydroxyl groups is 1. The van der Waals surface area contributed by atoms with E-state index in [4.69, 9.17) is 4.43 Å². The summed E-state index contributed by atoms with van der Waals surface area (Å²) in [6, 6.07) is 0. The molecule has 1 saturated carbocycles. The first-order valence-electron chi connectivity index (χ1n) is 9.58. The number of rotatable bonds is 2. The van der Waals surface area contributed by atoms with Gasteiger partial charge in [0.05, 0.1) is 6.10 Å². The minimum absolute atomic E-state index is 0.0180. The molecule has 3 aliphatic rings. The highest BCUT2D eigenvalue weighted by molar-refractivity contribution is 6.74. The molecule has 1 unspecified atom stereocenters. The van der Waals surface area contributed by atoms with Gasteiger partial charge in [-0.25, -0.2) is 0 Å². The van der Waals surface area contributed by atoms with Gasteiger partial charge in [0.25, 0.3) is 0 Å². The second kappa shape index (κ2) is 5.78. The molecule has 0 spiro atoms. The van der Waals surface area contributed by atoms with E-state index in [0.29, 0.717) is 18.4 Å². The molecule has 3 rings (SSSR count). The van der Waals surface area contributed by atoms with Gasteiger partial charge in [-0.05, 0) is 67.1 Å². The monoisotopic (exact) mass is 350 g/mol. The Morgan fingerprint density at radius 2 is 1.79 bits per heavy atom. The van der Waals surface area contributed by atoms with Gasteiger partial charge in [-0.3, -0.25) is 4.79 Å². The van der Waals surface area contributed by atoms with Gasteiger partial charge in [0.2, 0.25) is 0 Å². The number of carbonyl (C=O) groups excluding carboxylic acids is 1. The first kappa shape index (κ1) is 18.3. The van der Waals surface area contributed by atoms with Crippen molar-refractivity contribution in [2.75, 3.05) is 0 Å². The highest BCUT2D eigenvalue weighted by Gasteiger charge is 2.54. The second-order valence-corrected chi connectivity index (χ2v) is 14.7. The molecule has 0 aromatic carbocycles. The molecular formula is C20H34O3Si. The molecule has 0 aliphatic heterocycles. The number of ketones is 1. The van der Waals surface area contributed by atoms with E-state index in [0.717, 1.165) is 37.7 Å². The van der Waals surface area contributed by atoms with Crippen molar-refractivity contribution in [2.24, 2.45) is 11.3 Å². The van der Waals surface area contributed by atoms with Gasteiger partial charge in [-0.2, -0.15) is 0 Å². The van der Waals surface area contributed by atoms with Gasteiger partial charge in [0, 0.05) is 6.42 Å². The maximum Gasteiger partial charge on any atom is 0.192 e. The molecule has 0 heterocycles. The van der Waals surface area contributed by atoms with Gasteiger partial charge in [0.15, 0.2) is 14.1 Å². The van der Waals surface area contributed by atoms with E-state index in [9.17, 15) is 9.90 Å². The number of hydrogen-bond acceptors (Lipinski definition) is 3. The molecule has 3 aliphatic carbocycles. The fourth-order valence-corrected chi connectivity index (χ4v) is 6.31. The Hall–Kier alpha value is -0.453. The van der Waals surface area contributed by atoms with Crippen LogP contribution in [0, 0.1) is 11.3 Å². The van der Waals surface area contributed by atoms with Crippen molar-refractivity contribution in [1.82, 2.24) is 0 Å². The topological polar surface area (TPSA) is 46.5 Å². The third-order valence-electron chi connectivity index (χ3n) is 7.53. The summed E-state index contributed by atoms with van der Waals surface area (Å²) in [5.41, 5.74) is 2.63. The van der Waals surface area contributed by atoms with Crippen molar-refractivity contribution in [2.45, 2.75) is 96.6 Å². The molecule has 3 nitrogen and oxygen atoms in total. The van der Waals surface area contributed by atoms with Crippen LogP contribution in [0.4, 0.5) is 0 Å². The number of Topliss-reactive ketones (excluding diaryl/α,β-unsaturated/α-hetero) is 1. The minimum atomic E-state index is -1.78. The lowest BCUT2D eigenvalue weighted by Crippen LogP contribution is -2.49. The Bertz CT molecular complexity index is 572. The zero-order valence-electron chi connectivity index (χ0n) is 16.2. The Labute approximate surface area is 148 Å². The highest BCUT2D eigenvalue weighted by atomic mass is 28.4. The van der Waals surface area contributed by atoms with E-state index in [2.05, 4.69) is 40.8 Å². The summed E-state index contributed by atoms with van der Waals surface area (Å²) < 4.78 is 6.85. The van der Waals surface area contributed by atoms with Crippen LogP contribution in [0.3, 0.4) is 0 Å². The van der Waals surface area contributed by atoms with Crippen LogP contribution in [0.15, 0.2) is 11.1 Å². The predicted molar refractivity (Wildman–Crippen MR) is 99.4 cm³/mol. The van der Waals surface area contributed by atoms with Crippen molar-refractivity contribution in [3.8, 4) is 0 Å². The zero-order chi connectivity index (χ0) is 17.9. The largest absolute Gasteiger partial charge is 0.413 e. The van der Waals surface area contributed by atoms with E-state index >= 15 is 0 Å². The lowest BCUT2D eigenvalue weighted by molar-refractivity contribution is -0.126. The van der Waals surface area contributed by atoms with Gasteiger partial charge >= 0.3 is 0 Å². The van der Waals surface area contributed by atoms with Gasteiger partial charge in [0.1, 0.15) is 6.10 Å². The third kappa shape index (κ3) is 2.75. The molecule has 0 saturated heterocycles. The molecule has 1 fully saturated rings. The van der Waals surface area contributed by atoms with Crippen LogP contribution < -0.4 is 0 Å². The molecule has 0 aromatic rings. The molecule has 4 atom stereocenters. The third-order valence-corrected chi connectivity index (χ3v) is 12.0. The Balaban J connectivity index is 1.86. The maximum atomic E-state index is 11.9. The SMILES string of the molecule is CC(C)(C)[Si](C)(C)O[C@H]1CC[C@H]2C3=C(CC[C@]12C)C(O)C(=O)CC3. The van der Waals surface area contributed by atoms with Crippen molar-refractivity contribution in [3.05, 3.63) is 11.1 Å². The van der Waals surface area contributed by atoms with Crippen LogP contribution in [-0.2, 0) is 9.22 Å². The normalized spacial score (nSPS) is 37.5. The molecule has 0 aromatic heterocycles. The molecule has 1 N–H and O–H groups in total. The maximum absolute atomic E-state index is 11.9. The summed E-state index contributed by atoms with van der Waals surface area (Å²) in [6.07, 6.45) is 5.06. The Kier molecular flexibility index (Phi) is 4.42. The minimum Gasteiger partial charge on any atom is -0.413 e. The Morgan fingerprint density at radius 1 is 1.12 bits per heavy atom. The molecule has 0 bridgehead atoms. The van der Waals surface area contributed by atoms with Gasteiger partial charge < -0.3 is 9.53 Å². The molecular weight excluding hydrogens is 316 g/mol. The van der Waals surface area contributed by atoms with Crippen LogP contribution in [0.25, 0.3) is 0 Å². The van der Waals surface area contributed by atoms with Gasteiger partial charge in [-0.15, -0.1) is 0 Å². The standard InChI is InChI=1S/C20H34O3Si/c1-19(2,3)24(5,6)23-17-10-8-15-13-7-9-16(21)18(22)14(13)11-12-20(15,17)4/h15,17-18,22H,7-12H2,1-6H3/t15-,17-,18?,20-/m0/s1. The van der Waals surface area contributed by atoms with Crippen LogP contribution in [-0.4, -0.2) is 31.4 Å². The predicted octanol–water partition coefficient (Wildman–Crippen LogP) is 4.61. The van der Waals surface area contributed by atoms with E-state index in [-0.39, 0.29) is 16.2 Å². The first-order valence-corrected chi connectivity index (χ1v) is 12.5. The lowest BCUT2D eigenvalue weighted by Gasteiger charge is -2.48. The average Bonchev–Trinajstić information content (AvgIpc) is 2.78. The van der Waals surface area contributed by atoms with E-state index in [1.807, 2.05) is 0 Å². The summed E-state index contributed by atoms with van der Waals surface area (Å²) in [4.78, 5) is 11.9. The van der Waals surface area contributed by atoms with Crippen LogP contribution >= 0.6 is 0 Å². The van der Waals surface area contributed by atoms with E-state index in [1.165, 1.54) is 5.57 Å². The quantitative estimate of drug-likeness (QED) is 0.584. The number of hydrogen-bond donors (Lipinski definition) is 1. The molecule has 4 heteroatoms. The fraction of sp³-hybridized carbons (Fsp3) is 0.850. The summed E-state index contributed by atoms with van der Waals surface area (Å²) in [5.74, 6) is 0.517. The molecule has 136 valence electrons. The van der Waals surface area contributed by atoms with Crippen molar-refractivity contribution >= 4 is 14.1 Å². The highest BCUT2D eigenvalue weighted by Crippen LogP contribution is 2.58. The number of fused-ring (bicyclic) bond motifs is 2. The number of allylic oxidation sites excluding steroid dienone is 1. The Morgan fingerprint density at radius 3 is 2.42 bits per heavy atom. The lowest BCUT2D eigenvalue weighted by atomic mass is 9.62. The summed E-state index contributed by atoms with van der Waals surface area (Å²) in [6.45, 7) is 14.0. The number of aliphatic hydroxyl groups excluding tert-OH is 1. The van der Waals surface area contributed by atoms with Crippen molar-refractivity contribution < 1.29 is 14.3 Å². The van der Waals surface area contributed by atoms with Crippen LogP contribution in [0.1, 0.15) is 66.2 Å². The van der Waals surface area contributed by atoms with Crippen LogP contribution in [0.5, 0.6) is 0 Å². The van der Waals surface area contributed by atoms with Crippen LogP contribution in [0.2, 0.25) is 18.1 Å². The van der Waals surface area contributed by atoms with E-state index < -0.39 is 14.4 Å². The smallest absolute Gasteiger partial charge is 0.192 e. The first-order chi connectivity index (χ1) is 11.0. The second-order valence-electron chi connectivity index (χ2n) is 9.92. The summed E-state index contributed by atoms with van der Waals surface area (Å²) in [5, 5.41) is 10.5. The van der Waals surface area contributed by atoms with Gasteiger partial charge in [-0.1, -0.05) is 33.3 Å². The summed E-state index contributed by atoms with van der Waals surface area (Å²) in [7, 11) is -1.78. The molecule has 0 amide bonds. The average molecular weight is 351 g/mol. The van der Waals surface area contributed by atoms with E-state index in [1.54, 1.807) is 0 Å². The van der Waals surface area contributed by atoms with Crippen molar-refractivity contribution in [1.29, 1.82) is 0 Å². The fourth-order valence-electron chi connectivity index (χ4n) is 4.86. The zero-order valence-corrected chi connectivity index (χ0v) is 17.2. The number of carbonyl (C=O) groups is 1. The molecule has 24 heavy (non-hydrogen) atoms. The van der Waals surface area contributed by atoms with Crippen molar-refractivity contribution in [3.63, 3.8) is 0 Å². The summed E-state index contributed by atoms with van der Waals surface area (Å²) >= 11 is 0. The molecule has 0 radical (unpaired) electrons.